The summed E-state index contributed by atoms with van der Waals surface area (Å²) in [6, 6.07) is 5.51. The minimum absolute atomic E-state index is 0.0371. The van der Waals surface area contributed by atoms with Crippen molar-refractivity contribution in [3.05, 3.63) is 29.3 Å². The van der Waals surface area contributed by atoms with E-state index in [0.29, 0.717) is 11.4 Å². The highest BCUT2D eigenvalue weighted by molar-refractivity contribution is 7.13. The molecule has 0 aliphatic heterocycles. The van der Waals surface area contributed by atoms with Crippen LogP contribution < -0.4 is 9.47 Å². The predicted molar refractivity (Wildman–Crippen MR) is 70.7 cm³/mol. The van der Waals surface area contributed by atoms with Crippen molar-refractivity contribution in [1.82, 2.24) is 4.98 Å². The molecule has 0 radical (unpaired) electrons. The summed E-state index contributed by atoms with van der Waals surface area (Å²) in [7, 11) is 3.20. The van der Waals surface area contributed by atoms with Crippen LogP contribution in [0, 0.1) is 0 Å². The molecule has 1 aromatic carbocycles. The number of methoxy groups -OCH3 is 2. The van der Waals surface area contributed by atoms with E-state index in [4.69, 9.17) is 9.47 Å². The van der Waals surface area contributed by atoms with Crippen molar-refractivity contribution in [2.75, 3.05) is 14.2 Å². The summed E-state index contributed by atoms with van der Waals surface area (Å²) in [6.07, 6.45) is 0. The molecule has 1 aromatic heterocycles. The largest absolute Gasteiger partial charge is 0.497 e. The van der Waals surface area contributed by atoms with Gasteiger partial charge in [-0.15, -0.1) is 11.3 Å². The third-order valence-electron chi connectivity index (χ3n) is 2.50. The Hall–Kier alpha value is -1.88. The highest BCUT2D eigenvalue weighted by atomic mass is 32.1. The first-order chi connectivity index (χ1) is 8.65. The number of rotatable bonds is 4. The summed E-state index contributed by atoms with van der Waals surface area (Å²) in [5.41, 5.74) is 1.34. The summed E-state index contributed by atoms with van der Waals surface area (Å²) in [5.74, 6) is 1.36. The summed E-state index contributed by atoms with van der Waals surface area (Å²) >= 11 is 1.42. The van der Waals surface area contributed by atoms with Crippen molar-refractivity contribution < 1.29 is 14.3 Å². The van der Waals surface area contributed by atoms with Crippen LogP contribution in [0.3, 0.4) is 0 Å². The van der Waals surface area contributed by atoms with E-state index in [2.05, 4.69) is 4.98 Å². The van der Waals surface area contributed by atoms with Gasteiger partial charge in [0.15, 0.2) is 5.78 Å². The lowest BCUT2D eigenvalue weighted by molar-refractivity contribution is 0.101. The third kappa shape index (κ3) is 2.36. The van der Waals surface area contributed by atoms with E-state index < -0.39 is 0 Å². The van der Waals surface area contributed by atoms with Crippen LogP contribution in [0.5, 0.6) is 11.5 Å². The minimum atomic E-state index is -0.0371. The highest BCUT2D eigenvalue weighted by Gasteiger charge is 2.12. The van der Waals surface area contributed by atoms with Gasteiger partial charge >= 0.3 is 0 Å². The highest BCUT2D eigenvalue weighted by Crippen LogP contribution is 2.34. The number of hydrogen-bond donors (Lipinski definition) is 0. The molecular weight excluding hydrogens is 250 g/mol. The van der Waals surface area contributed by atoms with E-state index in [1.165, 1.54) is 18.3 Å². The van der Waals surface area contributed by atoms with Crippen LogP contribution in [-0.4, -0.2) is 25.0 Å². The van der Waals surface area contributed by atoms with Gasteiger partial charge in [0.25, 0.3) is 0 Å². The molecule has 2 aromatic rings. The quantitative estimate of drug-likeness (QED) is 0.795. The summed E-state index contributed by atoms with van der Waals surface area (Å²) in [4.78, 5) is 15.5. The minimum Gasteiger partial charge on any atom is -0.497 e. The van der Waals surface area contributed by atoms with E-state index in [-0.39, 0.29) is 5.78 Å². The maximum atomic E-state index is 11.2. The molecule has 0 fully saturated rings. The molecular formula is C13H13NO3S. The summed E-state index contributed by atoms with van der Waals surface area (Å²) in [6.45, 7) is 1.50. The molecule has 0 amide bonds. The molecule has 2 rings (SSSR count). The number of aromatic nitrogens is 1. The zero-order chi connectivity index (χ0) is 13.1. The Morgan fingerprint density at radius 1 is 1.28 bits per heavy atom. The third-order valence-corrected chi connectivity index (χ3v) is 3.38. The van der Waals surface area contributed by atoms with Crippen molar-refractivity contribution >= 4 is 17.1 Å². The Bertz CT molecular complexity index is 577. The lowest BCUT2D eigenvalue weighted by Crippen LogP contribution is -1.93. The number of ether oxygens (including phenoxy) is 2. The van der Waals surface area contributed by atoms with E-state index in [9.17, 15) is 4.79 Å². The Morgan fingerprint density at radius 3 is 2.61 bits per heavy atom. The Kier molecular flexibility index (Phi) is 3.62. The van der Waals surface area contributed by atoms with Gasteiger partial charge in [-0.2, -0.15) is 0 Å². The SMILES string of the molecule is COc1ccc(-c2nc(C(C)=O)cs2)c(OC)c1. The molecule has 0 atom stereocenters. The number of benzene rings is 1. The van der Waals surface area contributed by atoms with Crippen molar-refractivity contribution in [2.45, 2.75) is 6.92 Å². The van der Waals surface area contributed by atoms with Crippen molar-refractivity contribution in [3.8, 4) is 22.1 Å². The average molecular weight is 263 g/mol. The maximum Gasteiger partial charge on any atom is 0.178 e. The molecule has 94 valence electrons. The van der Waals surface area contributed by atoms with E-state index in [1.54, 1.807) is 25.7 Å². The summed E-state index contributed by atoms with van der Waals surface area (Å²) < 4.78 is 10.5. The lowest BCUT2D eigenvalue weighted by Gasteiger charge is -2.08. The molecule has 0 bridgehead atoms. The van der Waals surface area contributed by atoms with E-state index >= 15 is 0 Å². The fraction of sp³-hybridized carbons (Fsp3) is 0.231. The second-order valence-corrected chi connectivity index (χ2v) is 4.52. The van der Waals surface area contributed by atoms with Gasteiger partial charge in [0.1, 0.15) is 22.2 Å². The molecule has 0 aliphatic carbocycles. The second-order valence-electron chi connectivity index (χ2n) is 3.66. The van der Waals surface area contributed by atoms with E-state index in [1.807, 2.05) is 12.1 Å². The predicted octanol–water partition coefficient (Wildman–Crippen LogP) is 3.03. The van der Waals surface area contributed by atoms with Crippen molar-refractivity contribution in [1.29, 1.82) is 0 Å². The lowest BCUT2D eigenvalue weighted by atomic mass is 10.2. The van der Waals surface area contributed by atoms with Gasteiger partial charge in [-0.3, -0.25) is 4.79 Å². The van der Waals surface area contributed by atoms with Gasteiger partial charge in [-0.1, -0.05) is 0 Å². The van der Waals surface area contributed by atoms with Crippen LogP contribution in [0.4, 0.5) is 0 Å². The number of ketones is 1. The van der Waals surface area contributed by atoms with Crippen LogP contribution in [0.1, 0.15) is 17.4 Å². The molecule has 0 saturated carbocycles. The molecule has 0 saturated heterocycles. The zero-order valence-electron chi connectivity index (χ0n) is 10.4. The molecule has 0 aliphatic rings. The maximum absolute atomic E-state index is 11.2. The van der Waals surface area contributed by atoms with E-state index in [0.717, 1.165) is 16.3 Å². The average Bonchev–Trinajstić information content (AvgIpc) is 2.87. The van der Waals surface area contributed by atoms with Crippen LogP contribution in [-0.2, 0) is 0 Å². The van der Waals surface area contributed by atoms with Gasteiger partial charge in [-0.05, 0) is 12.1 Å². The van der Waals surface area contributed by atoms with Crippen LogP contribution in [0.2, 0.25) is 0 Å². The first-order valence-corrected chi connectivity index (χ1v) is 6.22. The van der Waals surface area contributed by atoms with Crippen LogP contribution in [0.25, 0.3) is 10.6 Å². The Morgan fingerprint density at radius 2 is 2.06 bits per heavy atom. The molecule has 18 heavy (non-hydrogen) atoms. The first-order valence-electron chi connectivity index (χ1n) is 5.34. The summed E-state index contributed by atoms with van der Waals surface area (Å²) in [5, 5.41) is 2.51. The molecule has 1 heterocycles. The normalized spacial score (nSPS) is 10.2. The van der Waals surface area contributed by atoms with Gasteiger partial charge in [0, 0.05) is 18.4 Å². The monoisotopic (exact) mass is 263 g/mol. The fourth-order valence-electron chi connectivity index (χ4n) is 1.53. The molecule has 0 spiro atoms. The van der Waals surface area contributed by atoms with Gasteiger partial charge in [0.2, 0.25) is 0 Å². The number of Topliss-reactive ketones (excluding diaryl/α,β-unsaturated/α-hetero) is 1. The van der Waals surface area contributed by atoms with Crippen LogP contribution in [0.15, 0.2) is 23.6 Å². The molecule has 4 nitrogen and oxygen atoms in total. The van der Waals surface area contributed by atoms with Gasteiger partial charge in [0.05, 0.1) is 19.8 Å². The molecule has 0 unspecified atom stereocenters. The topological polar surface area (TPSA) is 48.4 Å². The van der Waals surface area contributed by atoms with Gasteiger partial charge in [-0.25, -0.2) is 4.98 Å². The Balaban J connectivity index is 2.45. The first kappa shape index (κ1) is 12.6. The van der Waals surface area contributed by atoms with Crippen molar-refractivity contribution in [3.63, 3.8) is 0 Å². The Labute approximate surface area is 109 Å². The van der Waals surface area contributed by atoms with Gasteiger partial charge < -0.3 is 9.47 Å². The number of hydrogen-bond acceptors (Lipinski definition) is 5. The number of nitrogens with zero attached hydrogens (tertiary/aromatic N) is 1. The standard InChI is InChI=1S/C13H13NO3S/c1-8(15)11-7-18-13(14-11)10-5-4-9(16-2)6-12(10)17-3/h4-7H,1-3H3. The molecule has 0 N–H and O–H groups in total. The fourth-order valence-corrected chi connectivity index (χ4v) is 2.42. The van der Waals surface area contributed by atoms with Crippen LogP contribution >= 0.6 is 11.3 Å². The smallest absolute Gasteiger partial charge is 0.178 e. The molecule has 5 heteroatoms. The zero-order valence-corrected chi connectivity index (χ0v) is 11.2. The van der Waals surface area contributed by atoms with Crippen molar-refractivity contribution in [2.24, 2.45) is 0 Å². The number of thiazole rings is 1. The number of carbonyl (C=O) groups is 1. The number of carbonyl (C=O) groups excluding carboxylic acids is 1. The second kappa shape index (κ2) is 5.18.